The number of hydrogen-bond donors (Lipinski definition) is 1. The van der Waals surface area contributed by atoms with Crippen LogP contribution in [0.5, 0.6) is 0 Å². The molecular weight excluding hydrogens is 250 g/mol. The Balaban J connectivity index is 0.000000452. The van der Waals surface area contributed by atoms with E-state index in [0.717, 1.165) is 16.9 Å². The van der Waals surface area contributed by atoms with Crippen molar-refractivity contribution >= 4 is 6.41 Å². The minimum atomic E-state index is 0.250. The number of primary amides is 1. The minimum Gasteiger partial charge on any atom is -0.372 e. The van der Waals surface area contributed by atoms with Crippen molar-refractivity contribution in [3.8, 4) is 16.9 Å². The monoisotopic (exact) mass is 265 g/mol. The number of para-hydroxylation sites is 1. The largest absolute Gasteiger partial charge is 0.372 e. The number of aromatic nitrogens is 2. The molecule has 0 spiro atoms. The number of nitrogens with zero attached hydrogens (tertiary/aromatic N) is 2. The summed E-state index contributed by atoms with van der Waals surface area (Å²) in [6, 6.07) is 22.3. The summed E-state index contributed by atoms with van der Waals surface area (Å²) < 4.78 is 1.89. The van der Waals surface area contributed by atoms with Gasteiger partial charge in [0.05, 0.1) is 11.4 Å². The first kappa shape index (κ1) is 13.5. The van der Waals surface area contributed by atoms with Gasteiger partial charge < -0.3 is 5.73 Å². The van der Waals surface area contributed by atoms with Gasteiger partial charge in [-0.25, -0.2) is 4.68 Å². The van der Waals surface area contributed by atoms with Crippen LogP contribution in [-0.2, 0) is 4.79 Å². The molecule has 1 amide bonds. The van der Waals surface area contributed by atoms with Crippen LogP contribution in [0.25, 0.3) is 16.9 Å². The zero-order chi connectivity index (χ0) is 14.2. The molecule has 4 nitrogen and oxygen atoms in total. The van der Waals surface area contributed by atoms with E-state index >= 15 is 0 Å². The molecule has 4 heteroatoms. The maximum absolute atomic E-state index is 8.58. The van der Waals surface area contributed by atoms with Gasteiger partial charge in [-0.15, -0.1) is 0 Å². The van der Waals surface area contributed by atoms with E-state index in [1.165, 1.54) is 0 Å². The number of rotatable bonds is 2. The maximum atomic E-state index is 8.58. The summed E-state index contributed by atoms with van der Waals surface area (Å²) >= 11 is 0. The fraction of sp³-hybridized carbons (Fsp3) is 0. The van der Waals surface area contributed by atoms with Gasteiger partial charge in [0.2, 0.25) is 6.41 Å². The summed E-state index contributed by atoms with van der Waals surface area (Å²) in [5.41, 5.74) is 7.38. The van der Waals surface area contributed by atoms with Crippen molar-refractivity contribution in [3.05, 3.63) is 72.9 Å². The van der Waals surface area contributed by atoms with E-state index in [-0.39, 0.29) is 6.41 Å². The Labute approximate surface area is 117 Å². The number of hydrogen-bond acceptors (Lipinski definition) is 2. The van der Waals surface area contributed by atoms with E-state index < -0.39 is 0 Å². The average molecular weight is 265 g/mol. The smallest absolute Gasteiger partial charge is 0.204 e. The average Bonchev–Trinajstić information content (AvgIpc) is 3.00. The molecule has 0 fully saturated rings. The van der Waals surface area contributed by atoms with Crippen LogP contribution in [0.4, 0.5) is 0 Å². The van der Waals surface area contributed by atoms with E-state index in [1.54, 1.807) is 0 Å². The molecule has 0 aliphatic carbocycles. The van der Waals surface area contributed by atoms with Crippen molar-refractivity contribution in [1.82, 2.24) is 9.78 Å². The van der Waals surface area contributed by atoms with Crippen LogP contribution in [0.3, 0.4) is 0 Å². The van der Waals surface area contributed by atoms with E-state index in [9.17, 15) is 0 Å². The molecule has 0 radical (unpaired) electrons. The standard InChI is InChI=1S/C15H12N2.CH3NO/c1-3-7-13(8-4-1)15-11-12-17(16-15)14-9-5-2-6-10-14;2-1-3/h1-12H;1H,(H2,2,3). The lowest BCUT2D eigenvalue weighted by Crippen LogP contribution is -1.93. The van der Waals surface area contributed by atoms with Crippen molar-refractivity contribution in [2.45, 2.75) is 0 Å². The fourth-order valence-corrected chi connectivity index (χ4v) is 1.81. The second-order valence-electron chi connectivity index (χ2n) is 3.98. The van der Waals surface area contributed by atoms with Crippen molar-refractivity contribution in [2.24, 2.45) is 5.73 Å². The summed E-state index contributed by atoms with van der Waals surface area (Å²) in [5.74, 6) is 0. The first-order valence-electron chi connectivity index (χ1n) is 6.17. The molecule has 0 aliphatic heterocycles. The normalized spacial score (nSPS) is 9.40. The Morgan fingerprint density at radius 1 is 0.900 bits per heavy atom. The molecule has 1 heterocycles. The molecule has 2 aromatic carbocycles. The first-order chi connectivity index (χ1) is 9.85. The molecule has 100 valence electrons. The Morgan fingerprint density at radius 3 is 2.05 bits per heavy atom. The molecule has 2 N–H and O–H groups in total. The van der Waals surface area contributed by atoms with Crippen molar-refractivity contribution in [2.75, 3.05) is 0 Å². The zero-order valence-electron chi connectivity index (χ0n) is 10.9. The lowest BCUT2D eigenvalue weighted by atomic mass is 10.2. The predicted molar refractivity (Wildman–Crippen MR) is 79.3 cm³/mol. The lowest BCUT2D eigenvalue weighted by molar-refractivity contribution is -0.106. The molecule has 0 unspecified atom stereocenters. The quantitative estimate of drug-likeness (QED) is 0.724. The van der Waals surface area contributed by atoms with Crippen molar-refractivity contribution in [1.29, 1.82) is 0 Å². The van der Waals surface area contributed by atoms with Crippen LogP contribution in [0.1, 0.15) is 0 Å². The minimum absolute atomic E-state index is 0.250. The van der Waals surface area contributed by atoms with Gasteiger partial charge in [0, 0.05) is 11.8 Å². The van der Waals surface area contributed by atoms with Crippen LogP contribution < -0.4 is 5.73 Å². The summed E-state index contributed by atoms with van der Waals surface area (Å²) in [6.45, 7) is 0. The van der Waals surface area contributed by atoms with Crippen molar-refractivity contribution in [3.63, 3.8) is 0 Å². The molecule has 0 bridgehead atoms. The second-order valence-corrected chi connectivity index (χ2v) is 3.98. The Hall–Kier alpha value is -2.88. The molecule has 1 aromatic heterocycles. The topological polar surface area (TPSA) is 60.9 Å². The van der Waals surface area contributed by atoms with Crippen LogP contribution in [0.2, 0.25) is 0 Å². The van der Waals surface area contributed by atoms with E-state index in [4.69, 9.17) is 4.79 Å². The number of nitrogens with two attached hydrogens (primary N) is 1. The number of carbonyl (C=O) groups excluding carboxylic acids is 1. The van der Waals surface area contributed by atoms with Crippen molar-refractivity contribution < 1.29 is 4.79 Å². The highest BCUT2D eigenvalue weighted by Crippen LogP contribution is 2.17. The number of carbonyl (C=O) groups is 1. The van der Waals surface area contributed by atoms with Crippen LogP contribution in [0, 0.1) is 0 Å². The van der Waals surface area contributed by atoms with Gasteiger partial charge in [-0.2, -0.15) is 5.10 Å². The van der Waals surface area contributed by atoms with Crippen LogP contribution >= 0.6 is 0 Å². The molecular formula is C16H15N3O. The highest BCUT2D eigenvalue weighted by Gasteiger charge is 2.02. The molecule has 0 atom stereocenters. The third-order valence-corrected chi connectivity index (χ3v) is 2.68. The highest BCUT2D eigenvalue weighted by atomic mass is 16.1. The van der Waals surface area contributed by atoms with Gasteiger partial charge in [0.15, 0.2) is 0 Å². The van der Waals surface area contributed by atoms with Gasteiger partial charge >= 0.3 is 0 Å². The number of amides is 1. The van der Waals surface area contributed by atoms with Gasteiger partial charge in [-0.05, 0) is 18.2 Å². The van der Waals surface area contributed by atoms with Gasteiger partial charge in [0.1, 0.15) is 0 Å². The van der Waals surface area contributed by atoms with E-state index in [0.29, 0.717) is 0 Å². The lowest BCUT2D eigenvalue weighted by Gasteiger charge is -2.00. The molecule has 3 aromatic rings. The molecule has 0 saturated heterocycles. The van der Waals surface area contributed by atoms with Gasteiger partial charge in [0.25, 0.3) is 0 Å². The maximum Gasteiger partial charge on any atom is 0.204 e. The van der Waals surface area contributed by atoms with Gasteiger partial charge in [-0.3, -0.25) is 4.79 Å². The molecule has 0 aliphatic rings. The third kappa shape index (κ3) is 3.32. The summed E-state index contributed by atoms with van der Waals surface area (Å²) in [6.07, 6.45) is 2.23. The van der Waals surface area contributed by atoms with E-state index in [2.05, 4.69) is 23.0 Å². The van der Waals surface area contributed by atoms with Gasteiger partial charge in [-0.1, -0.05) is 48.5 Å². The molecule has 3 rings (SSSR count). The Morgan fingerprint density at radius 2 is 1.45 bits per heavy atom. The predicted octanol–water partition coefficient (Wildman–Crippen LogP) is 2.64. The second kappa shape index (κ2) is 6.89. The third-order valence-electron chi connectivity index (χ3n) is 2.68. The Bertz CT molecular complexity index is 594. The van der Waals surface area contributed by atoms with Crippen LogP contribution in [-0.4, -0.2) is 16.2 Å². The summed E-state index contributed by atoms with van der Waals surface area (Å²) in [4.78, 5) is 8.58. The zero-order valence-corrected chi connectivity index (χ0v) is 10.9. The SMILES string of the molecule is NC=O.c1ccc(-c2ccn(-c3ccccc3)n2)cc1. The first-order valence-corrected chi connectivity index (χ1v) is 6.17. The fourth-order valence-electron chi connectivity index (χ4n) is 1.81. The Kier molecular flexibility index (Phi) is 4.67. The van der Waals surface area contributed by atoms with Crippen LogP contribution in [0.15, 0.2) is 72.9 Å². The van der Waals surface area contributed by atoms with E-state index in [1.807, 2.05) is 65.5 Å². The summed E-state index contributed by atoms with van der Waals surface area (Å²) in [7, 11) is 0. The molecule has 20 heavy (non-hydrogen) atoms. The highest BCUT2D eigenvalue weighted by molar-refractivity contribution is 5.58. The summed E-state index contributed by atoms with van der Waals surface area (Å²) in [5, 5.41) is 4.57. The molecule has 0 saturated carbocycles. The number of benzene rings is 2.